The third-order valence-electron chi connectivity index (χ3n) is 2.73. The number of amides is 1. The normalized spacial score (nSPS) is 20.2. The third-order valence-corrected chi connectivity index (χ3v) is 2.73. The van der Waals surface area contributed by atoms with E-state index in [1.165, 1.54) is 0 Å². The van der Waals surface area contributed by atoms with Gasteiger partial charge in [-0.25, -0.2) is 0 Å². The largest absolute Gasteiger partial charge is 0.383 e. The fourth-order valence-electron chi connectivity index (χ4n) is 1.91. The van der Waals surface area contributed by atoms with Crippen molar-refractivity contribution >= 4 is 11.6 Å². The molecular formula is C12H17N3O. The first-order chi connectivity index (χ1) is 7.75. The van der Waals surface area contributed by atoms with Crippen molar-refractivity contribution < 1.29 is 4.79 Å². The molecule has 1 heterocycles. The molecule has 1 aromatic rings. The van der Waals surface area contributed by atoms with Crippen LogP contribution in [0.4, 0.5) is 5.69 Å². The lowest BCUT2D eigenvalue weighted by Crippen LogP contribution is -2.32. The van der Waals surface area contributed by atoms with Crippen molar-refractivity contribution in [2.24, 2.45) is 5.73 Å². The van der Waals surface area contributed by atoms with Crippen LogP contribution in [0.2, 0.25) is 0 Å². The van der Waals surface area contributed by atoms with Crippen molar-refractivity contribution in [1.82, 2.24) is 4.90 Å². The van der Waals surface area contributed by atoms with Gasteiger partial charge >= 0.3 is 0 Å². The molecule has 0 saturated carbocycles. The molecule has 1 saturated heterocycles. The van der Waals surface area contributed by atoms with Gasteiger partial charge in [-0.05, 0) is 12.1 Å². The Morgan fingerprint density at radius 2 is 2.12 bits per heavy atom. The predicted octanol–water partition coefficient (Wildman–Crippen LogP) is 0.658. The average Bonchev–Trinajstić information content (AvgIpc) is 2.59. The summed E-state index contributed by atoms with van der Waals surface area (Å²) >= 11 is 0. The molecule has 3 N–H and O–H groups in total. The zero-order chi connectivity index (χ0) is 11.4. The van der Waals surface area contributed by atoms with Gasteiger partial charge in [0.15, 0.2) is 0 Å². The molecule has 0 aliphatic carbocycles. The van der Waals surface area contributed by atoms with Crippen molar-refractivity contribution in [1.29, 1.82) is 0 Å². The topological polar surface area (TPSA) is 58.4 Å². The van der Waals surface area contributed by atoms with E-state index in [0.29, 0.717) is 13.0 Å². The molecule has 0 aromatic heterocycles. The van der Waals surface area contributed by atoms with Crippen LogP contribution in [0.3, 0.4) is 0 Å². The Labute approximate surface area is 95.4 Å². The van der Waals surface area contributed by atoms with Crippen LogP contribution in [0.25, 0.3) is 0 Å². The van der Waals surface area contributed by atoms with Crippen LogP contribution in [-0.4, -0.2) is 36.5 Å². The molecule has 0 bridgehead atoms. The van der Waals surface area contributed by atoms with Gasteiger partial charge in [0.25, 0.3) is 0 Å². The van der Waals surface area contributed by atoms with Gasteiger partial charge in [-0.1, -0.05) is 18.2 Å². The van der Waals surface area contributed by atoms with Crippen molar-refractivity contribution in [2.45, 2.75) is 12.5 Å². The van der Waals surface area contributed by atoms with E-state index in [1.54, 1.807) is 0 Å². The Balaban J connectivity index is 1.74. The van der Waals surface area contributed by atoms with Crippen molar-refractivity contribution in [3.63, 3.8) is 0 Å². The Morgan fingerprint density at radius 3 is 2.75 bits per heavy atom. The zero-order valence-corrected chi connectivity index (χ0v) is 9.23. The van der Waals surface area contributed by atoms with Crippen LogP contribution in [0.15, 0.2) is 30.3 Å². The highest BCUT2D eigenvalue weighted by Crippen LogP contribution is 2.09. The smallest absolute Gasteiger partial charge is 0.224 e. The Morgan fingerprint density at radius 1 is 1.38 bits per heavy atom. The fourth-order valence-corrected chi connectivity index (χ4v) is 1.91. The molecular weight excluding hydrogens is 202 g/mol. The van der Waals surface area contributed by atoms with E-state index in [4.69, 9.17) is 5.73 Å². The maximum Gasteiger partial charge on any atom is 0.224 e. The first kappa shape index (κ1) is 11.0. The minimum Gasteiger partial charge on any atom is -0.383 e. The van der Waals surface area contributed by atoms with Gasteiger partial charge in [0.1, 0.15) is 0 Å². The summed E-state index contributed by atoms with van der Waals surface area (Å²) in [4.78, 5) is 13.3. The summed E-state index contributed by atoms with van der Waals surface area (Å²) in [6.45, 7) is 2.18. The van der Waals surface area contributed by atoms with Gasteiger partial charge < -0.3 is 16.0 Å². The number of nitrogens with zero attached hydrogens (tertiary/aromatic N) is 1. The van der Waals surface area contributed by atoms with Crippen LogP contribution in [0, 0.1) is 0 Å². The third kappa shape index (κ3) is 2.73. The van der Waals surface area contributed by atoms with Gasteiger partial charge in [-0.15, -0.1) is 0 Å². The first-order valence-corrected chi connectivity index (χ1v) is 5.58. The Kier molecular flexibility index (Phi) is 3.41. The Hall–Kier alpha value is -1.55. The molecule has 1 aliphatic rings. The summed E-state index contributed by atoms with van der Waals surface area (Å²) in [6.07, 6.45) is 0.491. The quantitative estimate of drug-likeness (QED) is 0.782. The number of rotatable bonds is 4. The van der Waals surface area contributed by atoms with E-state index in [0.717, 1.165) is 18.8 Å². The minimum absolute atomic E-state index is 0.0178. The van der Waals surface area contributed by atoms with Gasteiger partial charge in [0, 0.05) is 37.8 Å². The number of nitrogens with two attached hydrogens (primary N) is 1. The molecule has 1 atom stereocenters. The number of hydrogen-bond donors (Lipinski definition) is 2. The molecule has 1 aliphatic heterocycles. The van der Waals surface area contributed by atoms with E-state index >= 15 is 0 Å². The molecule has 0 radical (unpaired) electrons. The monoisotopic (exact) mass is 219 g/mol. The van der Waals surface area contributed by atoms with E-state index < -0.39 is 0 Å². The molecule has 0 spiro atoms. The second-order valence-corrected chi connectivity index (χ2v) is 4.10. The number of nitrogens with one attached hydrogen (secondary N) is 1. The summed E-state index contributed by atoms with van der Waals surface area (Å²) in [7, 11) is 0. The maximum atomic E-state index is 11.4. The Bertz CT molecular complexity index is 353. The zero-order valence-electron chi connectivity index (χ0n) is 9.23. The molecule has 1 unspecified atom stereocenters. The number of para-hydroxylation sites is 1. The maximum absolute atomic E-state index is 11.4. The summed E-state index contributed by atoms with van der Waals surface area (Å²) in [5, 5.41) is 3.27. The van der Waals surface area contributed by atoms with Crippen molar-refractivity contribution in [3.05, 3.63) is 30.3 Å². The van der Waals surface area contributed by atoms with E-state index in [2.05, 4.69) is 5.32 Å². The minimum atomic E-state index is 0.0178. The molecule has 16 heavy (non-hydrogen) atoms. The summed E-state index contributed by atoms with van der Waals surface area (Å²) in [5.74, 6) is 0.169. The van der Waals surface area contributed by atoms with Crippen molar-refractivity contribution in [3.8, 4) is 0 Å². The first-order valence-electron chi connectivity index (χ1n) is 5.58. The highest BCUT2D eigenvalue weighted by Gasteiger charge is 2.25. The van der Waals surface area contributed by atoms with Crippen LogP contribution in [0.1, 0.15) is 6.42 Å². The van der Waals surface area contributed by atoms with Gasteiger partial charge in [-0.3, -0.25) is 4.79 Å². The second-order valence-electron chi connectivity index (χ2n) is 4.10. The lowest BCUT2D eigenvalue weighted by molar-refractivity contribution is -0.127. The SMILES string of the molecule is NC1CC(=O)N(CCNc2ccccc2)C1. The van der Waals surface area contributed by atoms with E-state index in [1.807, 2.05) is 35.2 Å². The number of carbonyl (C=O) groups excluding carboxylic acids is 1. The number of anilines is 1. The highest BCUT2D eigenvalue weighted by molar-refractivity contribution is 5.79. The summed E-state index contributed by atoms with van der Waals surface area (Å²) in [6, 6.07) is 9.99. The number of hydrogen-bond acceptors (Lipinski definition) is 3. The molecule has 4 nitrogen and oxygen atoms in total. The van der Waals surface area contributed by atoms with Crippen LogP contribution >= 0.6 is 0 Å². The fraction of sp³-hybridized carbons (Fsp3) is 0.417. The van der Waals surface area contributed by atoms with Gasteiger partial charge in [0.05, 0.1) is 0 Å². The molecule has 4 heteroatoms. The lowest BCUT2D eigenvalue weighted by atomic mass is 10.3. The second kappa shape index (κ2) is 4.99. The van der Waals surface area contributed by atoms with Crippen LogP contribution in [-0.2, 0) is 4.79 Å². The standard InChI is InChI=1S/C12H17N3O/c13-10-8-12(16)15(9-10)7-6-14-11-4-2-1-3-5-11/h1-5,10,14H,6-9,13H2. The average molecular weight is 219 g/mol. The molecule has 86 valence electrons. The summed E-state index contributed by atoms with van der Waals surface area (Å²) < 4.78 is 0. The number of likely N-dealkylation sites (tertiary alicyclic amines) is 1. The molecule has 1 aromatic carbocycles. The van der Waals surface area contributed by atoms with Crippen molar-refractivity contribution in [2.75, 3.05) is 25.0 Å². The molecule has 1 amide bonds. The highest BCUT2D eigenvalue weighted by atomic mass is 16.2. The van der Waals surface area contributed by atoms with E-state index in [-0.39, 0.29) is 11.9 Å². The van der Waals surface area contributed by atoms with Crippen LogP contribution in [0.5, 0.6) is 0 Å². The molecule has 2 rings (SSSR count). The van der Waals surface area contributed by atoms with Gasteiger partial charge in [0.2, 0.25) is 5.91 Å². The molecule has 1 fully saturated rings. The van der Waals surface area contributed by atoms with Crippen LogP contribution < -0.4 is 11.1 Å². The van der Waals surface area contributed by atoms with E-state index in [9.17, 15) is 4.79 Å². The number of benzene rings is 1. The van der Waals surface area contributed by atoms with Gasteiger partial charge in [-0.2, -0.15) is 0 Å². The number of carbonyl (C=O) groups is 1. The predicted molar refractivity (Wildman–Crippen MR) is 64.1 cm³/mol. The summed E-state index contributed by atoms with van der Waals surface area (Å²) in [5.41, 5.74) is 6.80. The lowest BCUT2D eigenvalue weighted by Gasteiger charge is -2.16.